The monoisotopic (exact) mass is 263 g/mol. The fourth-order valence-corrected chi connectivity index (χ4v) is 2.75. The summed E-state index contributed by atoms with van der Waals surface area (Å²) in [7, 11) is 0. The Morgan fingerprint density at radius 3 is 3.00 bits per heavy atom. The van der Waals surface area contributed by atoms with Crippen LogP contribution in [0.5, 0.6) is 0 Å². The van der Waals surface area contributed by atoms with Gasteiger partial charge in [0.15, 0.2) is 0 Å². The van der Waals surface area contributed by atoms with E-state index in [0.29, 0.717) is 12.6 Å². The van der Waals surface area contributed by atoms with E-state index in [1.807, 2.05) is 0 Å². The van der Waals surface area contributed by atoms with Crippen LogP contribution in [0.1, 0.15) is 42.9 Å². The smallest absolute Gasteiger partial charge is 0.0697 e. The van der Waals surface area contributed by atoms with Crippen LogP contribution in [0.15, 0.2) is 24.3 Å². The zero-order valence-corrected chi connectivity index (χ0v) is 11.6. The highest BCUT2D eigenvalue weighted by Crippen LogP contribution is 2.28. The van der Waals surface area contributed by atoms with Crippen LogP contribution in [0.2, 0.25) is 0 Å². The highest BCUT2D eigenvalue weighted by atomic mass is 16.5. The average Bonchev–Trinajstić information content (AvgIpc) is 2.65. The number of rotatable bonds is 7. The Morgan fingerprint density at radius 2 is 2.11 bits per heavy atom. The highest BCUT2D eigenvalue weighted by Gasteiger charge is 2.17. The standard InChI is InChI=1S/C16H25NO2/c18-11-13-19-12-5-10-17-16-9-4-2-7-14-6-1-3-8-15(14)16/h1,3,6,8,16-18H,2,4-5,7,9-13H2. The van der Waals surface area contributed by atoms with Crippen molar-refractivity contribution < 1.29 is 9.84 Å². The fourth-order valence-electron chi connectivity index (χ4n) is 2.75. The molecule has 19 heavy (non-hydrogen) atoms. The number of hydrogen-bond acceptors (Lipinski definition) is 3. The van der Waals surface area contributed by atoms with E-state index in [4.69, 9.17) is 9.84 Å². The van der Waals surface area contributed by atoms with Gasteiger partial charge in [-0.25, -0.2) is 0 Å². The molecule has 0 spiro atoms. The summed E-state index contributed by atoms with van der Waals surface area (Å²) in [6.45, 7) is 2.27. The van der Waals surface area contributed by atoms with Crippen LogP contribution >= 0.6 is 0 Å². The largest absolute Gasteiger partial charge is 0.394 e. The lowest BCUT2D eigenvalue weighted by molar-refractivity contribution is 0.0903. The van der Waals surface area contributed by atoms with Crippen molar-refractivity contribution in [2.75, 3.05) is 26.4 Å². The molecular weight excluding hydrogens is 238 g/mol. The van der Waals surface area contributed by atoms with Gasteiger partial charge < -0.3 is 15.2 Å². The molecule has 0 heterocycles. The first-order valence-corrected chi connectivity index (χ1v) is 7.41. The van der Waals surface area contributed by atoms with E-state index in [9.17, 15) is 0 Å². The molecule has 3 heteroatoms. The predicted molar refractivity (Wildman–Crippen MR) is 77.3 cm³/mol. The van der Waals surface area contributed by atoms with Gasteiger partial charge in [0.2, 0.25) is 0 Å². The van der Waals surface area contributed by atoms with Gasteiger partial charge in [-0.05, 0) is 43.4 Å². The molecular formula is C16H25NO2. The van der Waals surface area contributed by atoms with Crippen LogP contribution < -0.4 is 5.32 Å². The minimum absolute atomic E-state index is 0.115. The van der Waals surface area contributed by atoms with Crippen LogP contribution in [0.25, 0.3) is 0 Å². The van der Waals surface area contributed by atoms with E-state index in [2.05, 4.69) is 29.6 Å². The third-order valence-corrected chi connectivity index (χ3v) is 3.71. The Kier molecular flexibility index (Phi) is 6.34. The van der Waals surface area contributed by atoms with Crippen molar-refractivity contribution in [3.8, 4) is 0 Å². The van der Waals surface area contributed by atoms with Crippen LogP contribution in [0, 0.1) is 0 Å². The van der Waals surface area contributed by atoms with E-state index in [1.165, 1.54) is 36.8 Å². The van der Waals surface area contributed by atoms with Crippen molar-refractivity contribution in [3.63, 3.8) is 0 Å². The number of hydrogen-bond donors (Lipinski definition) is 2. The quantitative estimate of drug-likeness (QED) is 0.586. The van der Waals surface area contributed by atoms with Crippen LogP contribution in [0.4, 0.5) is 0 Å². The van der Waals surface area contributed by atoms with Gasteiger partial charge in [0.25, 0.3) is 0 Å². The first-order valence-electron chi connectivity index (χ1n) is 7.41. The Bertz CT molecular complexity index is 368. The molecule has 0 aromatic heterocycles. The number of aryl methyl sites for hydroxylation is 1. The molecule has 1 aromatic rings. The summed E-state index contributed by atoms with van der Waals surface area (Å²) in [5.74, 6) is 0. The molecule has 1 aliphatic carbocycles. The number of benzene rings is 1. The topological polar surface area (TPSA) is 41.5 Å². The van der Waals surface area contributed by atoms with E-state index in [-0.39, 0.29) is 6.61 Å². The van der Waals surface area contributed by atoms with Crippen molar-refractivity contribution in [2.45, 2.75) is 38.1 Å². The first-order chi connectivity index (χ1) is 9.42. The molecule has 1 aromatic carbocycles. The highest BCUT2D eigenvalue weighted by molar-refractivity contribution is 5.31. The predicted octanol–water partition coefficient (Wildman–Crippen LogP) is 2.44. The van der Waals surface area contributed by atoms with Gasteiger partial charge in [-0.2, -0.15) is 0 Å². The van der Waals surface area contributed by atoms with Crippen LogP contribution in [-0.2, 0) is 11.2 Å². The molecule has 3 nitrogen and oxygen atoms in total. The average molecular weight is 263 g/mol. The number of aliphatic hydroxyl groups excluding tert-OH is 1. The maximum absolute atomic E-state index is 8.63. The van der Waals surface area contributed by atoms with Crippen LogP contribution in [0.3, 0.4) is 0 Å². The van der Waals surface area contributed by atoms with Gasteiger partial charge in [0, 0.05) is 12.6 Å². The summed E-state index contributed by atoms with van der Waals surface area (Å²) in [6, 6.07) is 9.31. The summed E-state index contributed by atoms with van der Waals surface area (Å²) < 4.78 is 5.28. The number of aliphatic hydroxyl groups is 1. The minimum atomic E-state index is 0.115. The first kappa shape index (κ1) is 14.5. The summed E-state index contributed by atoms with van der Waals surface area (Å²) in [5.41, 5.74) is 2.99. The Hall–Kier alpha value is -0.900. The lowest BCUT2D eigenvalue weighted by Gasteiger charge is -2.19. The van der Waals surface area contributed by atoms with Crippen molar-refractivity contribution in [1.29, 1.82) is 0 Å². The van der Waals surface area contributed by atoms with E-state index in [0.717, 1.165) is 19.6 Å². The zero-order valence-electron chi connectivity index (χ0n) is 11.6. The Balaban J connectivity index is 1.79. The Labute approximate surface area is 116 Å². The molecule has 0 saturated heterocycles. The summed E-state index contributed by atoms with van der Waals surface area (Å²) >= 11 is 0. The zero-order chi connectivity index (χ0) is 13.3. The van der Waals surface area contributed by atoms with E-state index >= 15 is 0 Å². The minimum Gasteiger partial charge on any atom is -0.394 e. The second kappa shape index (κ2) is 8.31. The van der Waals surface area contributed by atoms with Crippen molar-refractivity contribution in [3.05, 3.63) is 35.4 Å². The molecule has 106 valence electrons. The summed E-state index contributed by atoms with van der Waals surface area (Å²) in [6.07, 6.45) is 6.04. The Morgan fingerprint density at radius 1 is 1.21 bits per heavy atom. The second-order valence-electron chi connectivity index (χ2n) is 5.14. The molecule has 1 atom stereocenters. The summed E-state index contributed by atoms with van der Waals surface area (Å²) in [5, 5.41) is 12.3. The van der Waals surface area contributed by atoms with Crippen molar-refractivity contribution in [2.24, 2.45) is 0 Å². The van der Waals surface area contributed by atoms with Gasteiger partial charge >= 0.3 is 0 Å². The normalized spacial score (nSPS) is 18.9. The number of ether oxygens (including phenoxy) is 1. The molecule has 0 fully saturated rings. The lowest BCUT2D eigenvalue weighted by atomic mass is 9.99. The van der Waals surface area contributed by atoms with Gasteiger partial charge in [0.05, 0.1) is 13.2 Å². The molecule has 0 bridgehead atoms. The molecule has 1 unspecified atom stereocenters. The van der Waals surface area contributed by atoms with E-state index in [1.54, 1.807) is 0 Å². The molecule has 0 aliphatic heterocycles. The fraction of sp³-hybridized carbons (Fsp3) is 0.625. The SMILES string of the molecule is OCCOCCCNC1CCCCc2ccccc21. The third-order valence-electron chi connectivity index (χ3n) is 3.71. The van der Waals surface area contributed by atoms with Crippen molar-refractivity contribution >= 4 is 0 Å². The van der Waals surface area contributed by atoms with Gasteiger partial charge in [0.1, 0.15) is 0 Å². The lowest BCUT2D eigenvalue weighted by Crippen LogP contribution is -2.23. The maximum atomic E-state index is 8.63. The molecule has 0 saturated carbocycles. The molecule has 0 amide bonds. The third kappa shape index (κ3) is 4.60. The van der Waals surface area contributed by atoms with Crippen LogP contribution in [-0.4, -0.2) is 31.5 Å². The van der Waals surface area contributed by atoms with Crippen molar-refractivity contribution in [1.82, 2.24) is 5.32 Å². The summed E-state index contributed by atoms with van der Waals surface area (Å²) in [4.78, 5) is 0. The number of fused-ring (bicyclic) bond motifs is 1. The molecule has 2 rings (SSSR count). The van der Waals surface area contributed by atoms with Gasteiger partial charge in [-0.3, -0.25) is 0 Å². The van der Waals surface area contributed by atoms with Gasteiger partial charge in [-0.1, -0.05) is 30.7 Å². The molecule has 0 radical (unpaired) electrons. The molecule has 1 aliphatic rings. The number of nitrogens with one attached hydrogen (secondary N) is 1. The van der Waals surface area contributed by atoms with E-state index < -0.39 is 0 Å². The molecule has 2 N–H and O–H groups in total. The maximum Gasteiger partial charge on any atom is 0.0697 e. The second-order valence-corrected chi connectivity index (χ2v) is 5.14. The van der Waals surface area contributed by atoms with Gasteiger partial charge in [-0.15, -0.1) is 0 Å².